The predicted octanol–water partition coefficient (Wildman–Crippen LogP) is 3.90. The van der Waals surface area contributed by atoms with E-state index < -0.39 is 0 Å². The van der Waals surface area contributed by atoms with Gasteiger partial charge in [-0.15, -0.1) is 0 Å². The molecule has 4 rings (SSSR count). The van der Waals surface area contributed by atoms with Gasteiger partial charge < -0.3 is 25.2 Å². The molecule has 0 atom stereocenters. The van der Waals surface area contributed by atoms with E-state index in [-0.39, 0.29) is 5.91 Å². The fraction of sp³-hybridized carbons (Fsp3) is 0.259. The van der Waals surface area contributed by atoms with Crippen molar-refractivity contribution in [3.63, 3.8) is 0 Å². The number of aromatic nitrogens is 4. The van der Waals surface area contributed by atoms with E-state index in [1.54, 1.807) is 11.8 Å². The first-order valence-electron chi connectivity index (χ1n) is 11.8. The first kappa shape index (κ1) is 25.6. The summed E-state index contributed by atoms with van der Waals surface area (Å²) in [5.74, 6) is 0.901. The Morgan fingerprint density at radius 3 is 2.65 bits per heavy atom. The number of carbonyl (C=O) groups is 1. The van der Waals surface area contributed by atoms with E-state index in [2.05, 4.69) is 48.1 Å². The summed E-state index contributed by atoms with van der Waals surface area (Å²) in [5.41, 5.74) is 4.75. The van der Waals surface area contributed by atoms with Crippen molar-refractivity contribution in [3.8, 4) is 17.0 Å². The molecule has 0 aliphatic rings. The molecule has 0 aliphatic heterocycles. The topological polar surface area (TPSA) is 100 Å². The number of likely N-dealkylation sites (N-methyl/N-ethyl adjacent to an activating group) is 2. The van der Waals surface area contributed by atoms with Gasteiger partial charge in [0.2, 0.25) is 5.91 Å². The second-order valence-corrected chi connectivity index (χ2v) is 8.98. The lowest BCUT2D eigenvalue weighted by molar-refractivity contribution is -0.111. The highest BCUT2D eigenvalue weighted by Gasteiger charge is 2.16. The molecule has 192 valence electrons. The van der Waals surface area contributed by atoms with Crippen LogP contribution in [0.3, 0.4) is 0 Å². The third-order valence-electron chi connectivity index (χ3n) is 5.90. The number of ether oxygens (including phenoxy) is 1. The number of carbonyl (C=O) groups excluding carboxylic acids is 1. The van der Waals surface area contributed by atoms with Crippen LogP contribution in [-0.4, -0.2) is 71.9 Å². The van der Waals surface area contributed by atoms with Crippen LogP contribution in [0, 0.1) is 0 Å². The molecule has 2 heterocycles. The molecule has 37 heavy (non-hydrogen) atoms. The van der Waals surface area contributed by atoms with Crippen LogP contribution in [0.25, 0.3) is 22.2 Å². The van der Waals surface area contributed by atoms with Crippen molar-refractivity contribution in [2.24, 2.45) is 7.05 Å². The molecule has 0 saturated carbocycles. The number of nitrogens with one attached hydrogen (secondary N) is 2. The SMILES string of the molecule is C=CC(=O)Nc1cc(Nc2cc(-c3ccc4nn(C)cc4c3)ncn2)c(OC)cc1N(C)CCN(C)C. The summed E-state index contributed by atoms with van der Waals surface area (Å²) in [6, 6.07) is 11.6. The third-order valence-corrected chi connectivity index (χ3v) is 5.90. The van der Waals surface area contributed by atoms with E-state index in [0.717, 1.165) is 40.9 Å². The zero-order chi connectivity index (χ0) is 26.5. The molecule has 2 aromatic carbocycles. The minimum Gasteiger partial charge on any atom is -0.494 e. The van der Waals surface area contributed by atoms with Gasteiger partial charge in [-0.1, -0.05) is 12.6 Å². The largest absolute Gasteiger partial charge is 0.494 e. The maximum atomic E-state index is 12.2. The number of aryl methyl sites for hydroxylation is 1. The molecule has 0 fully saturated rings. The second kappa shape index (κ2) is 11.1. The fourth-order valence-corrected chi connectivity index (χ4v) is 3.94. The summed E-state index contributed by atoms with van der Waals surface area (Å²) in [5, 5.41) is 11.7. The van der Waals surface area contributed by atoms with Crippen molar-refractivity contribution >= 4 is 39.7 Å². The maximum absolute atomic E-state index is 12.2. The van der Waals surface area contributed by atoms with Crippen LogP contribution in [0.4, 0.5) is 22.9 Å². The van der Waals surface area contributed by atoms with Crippen molar-refractivity contribution in [2.45, 2.75) is 0 Å². The Labute approximate surface area is 216 Å². The molecule has 10 heteroatoms. The molecule has 0 spiro atoms. The number of fused-ring (bicyclic) bond motifs is 1. The number of methoxy groups -OCH3 is 1. The summed E-state index contributed by atoms with van der Waals surface area (Å²) < 4.78 is 7.49. The minimum atomic E-state index is -0.298. The first-order chi connectivity index (χ1) is 17.8. The monoisotopic (exact) mass is 500 g/mol. The quantitative estimate of drug-likeness (QED) is 0.316. The Morgan fingerprint density at radius 1 is 1.11 bits per heavy atom. The van der Waals surface area contributed by atoms with Gasteiger partial charge in [-0.2, -0.15) is 5.10 Å². The van der Waals surface area contributed by atoms with E-state index in [1.807, 2.05) is 64.7 Å². The Bertz CT molecular complexity index is 1430. The Hall–Kier alpha value is -4.44. The lowest BCUT2D eigenvalue weighted by Gasteiger charge is -2.26. The highest BCUT2D eigenvalue weighted by Crippen LogP contribution is 2.38. The van der Waals surface area contributed by atoms with Gasteiger partial charge in [0.25, 0.3) is 0 Å². The predicted molar refractivity (Wildman–Crippen MR) is 149 cm³/mol. The number of nitrogens with zero attached hydrogens (tertiary/aromatic N) is 6. The Balaban J connectivity index is 1.67. The highest BCUT2D eigenvalue weighted by molar-refractivity contribution is 6.02. The number of hydrogen-bond donors (Lipinski definition) is 2. The molecule has 2 aromatic heterocycles. The van der Waals surface area contributed by atoms with Gasteiger partial charge in [-0.25, -0.2) is 9.97 Å². The number of hydrogen-bond acceptors (Lipinski definition) is 8. The van der Waals surface area contributed by atoms with Crippen LogP contribution in [0.15, 0.2) is 61.6 Å². The van der Waals surface area contributed by atoms with E-state index >= 15 is 0 Å². The van der Waals surface area contributed by atoms with E-state index in [4.69, 9.17) is 4.74 Å². The van der Waals surface area contributed by atoms with Gasteiger partial charge in [-0.05, 0) is 38.4 Å². The first-order valence-corrected chi connectivity index (χ1v) is 11.8. The summed E-state index contributed by atoms with van der Waals surface area (Å²) in [6.07, 6.45) is 4.73. The summed E-state index contributed by atoms with van der Waals surface area (Å²) >= 11 is 0. The number of benzene rings is 2. The van der Waals surface area contributed by atoms with Gasteiger partial charge in [0.05, 0.1) is 35.4 Å². The highest BCUT2D eigenvalue weighted by atomic mass is 16.5. The molecule has 1 amide bonds. The fourth-order valence-electron chi connectivity index (χ4n) is 3.94. The summed E-state index contributed by atoms with van der Waals surface area (Å²) in [4.78, 5) is 25.2. The summed E-state index contributed by atoms with van der Waals surface area (Å²) in [7, 11) is 9.53. The number of anilines is 4. The maximum Gasteiger partial charge on any atom is 0.247 e. The minimum absolute atomic E-state index is 0.298. The van der Waals surface area contributed by atoms with Crippen molar-refractivity contribution in [1.82, 2.24) is 24.6 Å². The van der Waals surface area contributed by atoms with Crippen LogP contribution in [-0.2, 0) is 11.8 Å². The van der Waals surface area contributed by atoms with Crippen LogP contribution >= 0.6 is 0 Å². The van der Waals surface area contributed by atoms with Gasteiger partial charge >= 0.3 is 0 Å². The van der Waals surface area contributed by atoms with Gasteiger partial charge in [-0.3, -0.25) is 9.48 Å². The molecule has 4 aromatic rings. The van der Waals surface area contributed by atoms with Crippen LogP contribution < -0.4 is 20.3 Å². The van der Waals surface area contributed by atoms with Crippen molar-refractivity contribution < 1.29 is 9.53 Å². The van der Waals surface area contributed by atoms with E-state index in [1.165, 1.54) is 12.4 Å². The molecule has 0 unspecified atom stereocenters. The van der Waals surface area contributed by atoms with Crippen molar-refractivity contribution in [2.75, 3.05) is 56.9 Å². The van der Waals surface area contributed by atoms with Crippen LogP contribution in [0.5, 0.6) is 5.75 Å². The Morgan fingerprint density at radius 2 is 1.92 bits per heavy atom. The normalized spacial score (nSPS) is 11.0. The van der Waals surface area contributed by atoms with Crippen LogP contribution in [0.2, 0.25) is 0 Å². The average Bonchev–Trinajstić information content (AvgIpc) is 3.26. The standard InChI is InChI=1S/C27H32N8O2/c1-7-27(36)31-22-13-23(25(37-6)15-24(22)34(4)11-10-33(2)3)30-26-14-21(28-17-29-26)18-8-9-20-19(12-18)16-35(5)32-20/h7-9,12-17H,1,10-11H2,2-6H3,(H,31,36)(H,28,29,30). The van der Waals surface area contributed by atoms with Crippen molar-refractivity contribution in [3.05, 3.63) is 61.6 Å². The average molecular weight is 501 g/mol. The molecule has 0 bridgehead atoms. The van der Waals surface area contributed by atoms with Gasteiger partial charge in [0.15, 0.2) is 0 Å². The van der Waals surface area contributed by atoms with Crippen LogP contribution in [0.1, 0.15) is 0 Å². The molecule has 0 radical (unpaired) electrons. The molecule has 10 nitrogen and oxygen atoms in total. The molecular weight excluding hydrogens is 468 g/mol. The molecule has 0 aliphatic carbocycles. The van der Waals surface area contributed by atoms with Crippen molar-refractivity contribution in [1.29, 1.82) is 0 Å². The molecular formula is C27H32N8O2. The zero-order valence-corrected chi connectivity index (χ0v) is 21.8. The lowest BCUT2D eigenvalue weighted by Crippen LogP contribution is -2.29. The van der Waals surface area contributed by atoms with E-state index in [9.17, 15) is 4.79 Å². The summed E-state index contributed by atoms with van der Waals surface area (Å²) in [6.45, 7) is 5.19. The molecule has 2 N–H and O–H groups in total. The number of rotatable bonds is 10. The number of amides is 1. The third kappa shape index (κ3) is 6.04. The zero-order valence-electron chi connectivity index (χ0n) is 21.8. The van der Waals surface area contributed by atoms with Gasteiger partial charge in [0.1, 0.15) is 17.9 Å². The lowest BCUT2D eigenvalue weighted by atomic mass is 10.1. The molecule has 0 saturated heterocycles. The van der Waals surface area contributed by atoms with E-state index in [0.29, 0.717) is 22.9 Å². The van der Waals surface area contributed by atoms with Gasteiger partial charge in [0, 0.05) is 56.5 Å². The second-order valence-electron chi connectivity index (χ2n) is 8.98. The Kier molecular flexibility index (Phi) is 7.69. The smallest absolute Gasteiger partial charge is 0.247 e.